The Morgan fingerprint density at radius 2 is 1.05 bits per heavy atom. The van der Waals surface area contributed by atoms with Crippen molar-refractivity contribution in [2.24, 2.45) is 0 Å². The first-order chi connectivity index (χ1) is 10.4. The van der Waals surface area contributed by atoms with Gasteiger partial charge in [0, 0.05) is 5.92 Å². The van der Waals surface area contributed by atoms with Crippen LogP contribution in [0.2, 0.25) is 0 Å². The molecule has 0 bridgehead atoms. The number of rotatable bonds is 4. The molecule has 0 aliphatic rings. The van der Waals surface area contributed by atoms with Gasteiger partial charge in [0.2, 0.25) is 0 Å². The molecule has 0 amide bonds. The lowest BCUT2D eigenvalue weighted by atomic mass is 9.81. The molecular weight excluding hydrogens is 264 g/mol. The third-order valence-corrected chi connectivity index (χ3v) is 5.45. The van der Waals surface area contributed by atoms with E-state index in [9.17, 15) is 0 Å². The van der Waals surface area contributed by atoms with Crippen LogP contribution in [-0.2, 0) is 12.8 Å². The van der Waals surface area contributed by atoms with Gasteiger partial charge in [0.25, 0.3) is 0 Å². The third-order valence-electron chi connectivity index (χ3n) is 5.45. The zero-order valence-corrected chi connectivity index (χ0v) is 15.3. The predicted octanol–water partition coefficient (Wildman–Crippen LogP) is 6.20. The van der Waals surface area contributed by atoms with Gasteiger partial charge in [-0.3, -0.25) is 0 Å². The SMILES string of the molecule is CCc1c(C(C)c2ccc(C)c(C)c2CC)ccc(C)c1C. The van der Waals surface area contributed by atoms with Crippen molar-refractivity contribution in [3.05, 3.63) is 68.8 Å². The normalized spacial score (nSPS) is 11.3. The second-order valence-electron chi connectivity index (χ2n) is 6.58. The molecule has 0 radical (unpaired) electrons. The van der Waals surface area contributed by atoms with E-state index < -0.39 is 0 Å². The summed E-state index contributed by atoms with van der Waals surface area (Å²) in [6.07, 6.45) is 2.22. The summed E-state index contributed by atoms with van der Waals surface area (Å²) >= 11 is 0. The molecule has 0 heterocycles. The van der Waals surface area contributed by atoms with Crippen molar-refractivity contribution >= 4 is 0 Å². The quantitative estimate of drug-likeness (QED) is 0.630. The Morgan fingerprint density at radius 1 is 0.682 bits per heavy atom. The Morgan fingerprint density at radius 3 is 1.36 bits per heavy atom. The molecule has 0 fully saturated rings. The highest BCUT2D eigenvalue weighted by molar-refractivity contribution is 5.49. The highest BCUT2D eigenvalue weighted by atomic mass is 14.2. The molecule has 0 saturated carbocycles. The van der Waals surface area contributed by atoms with Gasteiger partial charge in [-0.2, -0.15) is 0 Å². The van der Waals surface area contributed by atoms with Gasteiger partial charge in [0.05, 0.1) is 0 Å². The van der Waals surface area contributed by atoms with Crippen molar-refractivity contribution in [1.82, 2.24) is 0 Å². The minimum atomic E-state index is 0.462. The maximum atomic E-state index is 2.37. The Kier molecular flexibility index (Phi) is 5.11. The van der Waals surface area contributed by atoms with E-state index in [4.69, 9.17) is 0 Å². The van der Waals surface area contributed by atoms with Crippen LogP contribution in [0, 0.1) is 27.7 Å². The van der Waals surface area contributed by atoms with Gasteiger partial charge in [-0.05, 0) is 85.0 Å². The van der Waals surface area contributed by atoms with Gasteiger partial charge in [-0.1, -0.05) is 45.0 Å². The van der Waals surface area contributed by atoms with Crippen LogP contribution in [0.1, 0.15) is 71.2 Å². The second kappa shape index (κ2) is 6.69. The van der Waals surface area contributed by atoms with Gasteiger partial charge in [-0.25, -0.2) is 0 Å². The van der Waals surface area contributed by atoms with E-state index in [1.54, 1.807) is 0 Å². The number of aryl methyl sites for hydroxylation is 2. The van der Waals surface area contributed by atoms with Gasteiger partial charge in [-0.15, -0.1) is 0 Å². The minimum Gasteiger partial charge on any atom is -0.0613 e. The zero-order chi connectivity index (χ0) is 16.4. The molecule has 0 aromatic heterocycles. The highest BCUT2D eigenvalue weighted by Gasteiger charge is 2.18. The first kappa shape index (κ1) is 16.8. The summed E-state index contributed by atoms with van der Waals surface area (Å²) in [5, 5.41) is 0. The fraction of sp³-hybridized carbons (Fsp3) is 0.455. The Bertz CT molecular complexity index is 617. The molecule has 0 aliphatic carbocycles. The summed E-state index contributed by atoms with van der Waals surface area (Å²) in [6, 6.07) is 9.26. The maximum Gasteiger partial charge on any atom is 0.00666 e. The van der Waals surface area contributed by atoms with Crippen molar-refractivity contribution in [2.75, 3.05) is 0 Å². The monoisotopic (exact) mass is 294 g/mol. The number of benzene rings is 2. The van der Waals surface area contributed by atoms with Crippen molar-refractivity contribution in [2.45, 2.75) is 67.2 Å². The molecule has 2 rings (SSSR count). The fourth-order valence-corrected chi connectivity index (χ4v) is 3.71. The van der Waals surface area contributed by atoms with Gasteiger partial charge >= 0.3 is 0 Å². The number of hydrogen-bond acceptors (Lipinski definition) is 0. The fourth-order valence-electron chi connectivity index (χ4n) is 3.71. The summed E-state index contributed by atoms with van der Waals surface area (Å²) < 4.78 is 0. The zero-order valence-electron chi connectivity index (χ0n) is 15.3. The summed E-state index contributed by atoms with van der Waals surface area (Å²) in [7, 11) is 0. The summed E-state index contributed by atoms with van der Waals surface area (Å²) in [6.45, 7) is 15.9. The van der Waals surface area contributed by atoms with E-state index in [1.807, 2.05) is 0 Å². The van der Waals surface area contributed by atoms with Crippen LogP contribution in [0.25, 0.3) is 0 Å². The highest BCUT2D eigenvalue weighted by Crippen LogP contribution is 2.34. The van der Waals surface area contributed by atoms with Crippen molar-refractivity contribution < 1.29 is 0 Å². The van der Waals surface area contributed by atoms with Crippen LogP contribution in [0.15, 0.2) is 24.3 Å². The molecule has 22 heavy (non-hydrogen) atoms. The number of hydrogen-bond donors (Lipinski definition) is 0. The van der Waals surface area contributed by atoms with Crippen molar-refractivity contribution in [3.8, 4) is 0 Å². The van der Waals surface area contributed by atoms with Gasteiger partial charge in [0.15, 0.2) is 0 Å². The summed E-state index contributed by atoms with van der Waals surface area (Å²) in [4.78, 5) is 0. The smallest absolute Gasteiger partial charge is 0.00666 e. The van der Waals surface area contributed by atoms with Crippen LogP contribution in [0.4, 0.5) is 0 Å². The molecule has 2 aromatic rings. The molecule has 2 aromatic carbocycles. The topological polar surface area (TPSA) is 0 Å². The molecule has 0 N–H and O–H groups in total. The summed E-state index contributed by atoms with van der Waals surface area (Å²) in [5.41, 5.74) is 11.8. The van der Waals surface area contributed by atoms with E-state index in [0.29, 0.717) is 5.92 Å². The lowest BCUT2D eigenvalue weighted by Gasteiger charge is -2.23. The Labute approximate surface area is 136 Å². The maximum absolute atomic E-state index is 2.37. The molecular formula is C22H30. The van der Waals surface area contributed by atoms with E-state index in [2.05, 4.69) is 72.7 Å². The molecule has 0 unspecified atom stereocenters. The van der Waals surface area contributed by atoms with Crippen LogP contribution >= 0.6 is 0 Å². The average molecular weight is 294 g/mol. The molecule has 0 heteroatoms. The van der Waals surface area contributed by atoms with Gasteiger partial charge in [0.1, 0.15) is 0 Å². The van der Waals surface area contributed by atoms with Crippen molar-refractivity contribution in [1.29, 1.82) is 0 Å². The first-order valence-electron chi connectivity index (χ1n) is 8.60. The van der Waals surface area contributed by atoms with E-state index in [1.165, 1.54) is 44.5 Å². The minimum absolute atomic E-state index is 0.462. The van der Waals surface area contributed by atoms with Gasteiger partial charge < -0.3 is 0 Å². The van der Waals surface area contributed by atoms with Crippen molar-refractivity contribution in [3.63, 3.8) is 0 Å². The van der Waals surface area contributed by atoms with E-state index >= 15 is 0 Å². The molecule has 0 atom stereocenters. The largest absolute Gasteiger partial charge is 0.0613 e. The van der Waals surface area contributed by atoms with E-state index in [0.717, 1.165) is 12.8 Å². The molecule has 0 nitrogen and oxygen atoms in total. The molecule has 0 aliphatic heterocycles. The van der Waals surface area contributed by atoms with E-state index in [-0.39, 0.29) is 0 Å². The van der Waals surface area contributed by atoms with Crippen LogP contribution in [-0.4, -0.2) is 0 Å². The summed E-state index contributed by atoms with van der Waals surface area (Å²) in [5.74, 6) is 0.462. The average Bonchev–Trinajstić information content (AvgIpc) is 2.51. The first-order valence-corrected chi connectivity index (χ1v) is 8.60. The lowest BCUT2D eigenvalue weighted by Crippen LogP contribution is -2.07. The molecule has 0 spiro atoms. The molecule has 0 saturated heterocycles. The van der Waals surface area contributed by atoms with Crippen LogP contribution in [0.5, 0.6) is 0 Å². The molecule has 118 valence electrons. The third kappa shape index (κ3) is 2.84. The standard InChI is InChI=1S/C22H30/c1-8-19-16(5)14(3)10-12-21(19)18(7)22-13-11-15(4)17(6)20(22)9-2/h10-13,18H,8-9H2,1-7H3. The van der Waals surface area contributed by atoms with Crippen LogP contribution in [0.3, 0.4) is 0 Å². The van der Waals surface area contributed by atoms with Crippen LogP contribution < -0.4 is 0 Å². The second-order valence-corrected chi connectivity index (χ2v) is 6.58. The lowest BCUT2D eigenvalue weighted by molar-refractivity contribution is 0.858. The Hall–Kier alpha value is -1.56. The predicted molar refractivity (Wildman–Crippen MR) is 98.1 cm³/mol. The Balaban J connectivity index is 2.61.